The zero-order chi connectivity index (χ0) is 8.97. The Kier molecular flexibility index (Phi) is 2.73. The first-order valence-corrected chi connectivity index (χ1v) is 3.28. The summed E-state index contributed by atoms with van der Waals surface area (Å²) < 4.78 is 23.4. The van der Waals surface area contributed by atoms with E-state index in [1.54, 1.807) is 0 Å². The first kappa shape index (κ1) is 8.63. The van der Waals surface area contributed by atoms with Gasteiger partial charge in [0.25, 0.3) is 6.43 Å². The van der Waals surface area contributed by atoms with Crippen LogP contribution in [0.1, 0.15) is 0 Å². The molecule has 0 saturated heterocycles. The largest absolute Gasteiger partial charge is 0.382 e. The minimum Gasteiger partial charge on any atom is -0.382 e. The molecule has 1 heterocycles. The summed E-state index contributed by atoms with van der Waals surface area (Å²) in [5.74, 6) is 0.463. The van der Waals surface area contributed by atoms with Crippen LogP contribution in [0.4, 0.5) is 20.4 Å². The summed E-state index contributed by atoms with van der Waals surface area (Å²) in [5.41, 5.74) is 5.26. The molecule has 3 N–H and O–H groups in total. The van der Waals surface area contributed by atoms with Gasteiger partial charge in [-0.25, -0.2) is 13.8 Å². The van der Waals surface area contributed by atoms with Gasteiger partial charge in [-0.2, -0.15) is 0 Å². The zero-order valence-corrected chi connectivity index (χ0v) is 6.17. The van der Waals surface area contributed by atoms with E-state index in [1.807, 2.05) is 0 Å². The summed E-state index contributed by atoms with van der Waals surface area (Å²) in [6.07, 6.45) is 0.264. The van der Waals surface area contributed by atoms with Crippen LogP contribution in [0.15, 0.2) is 12.4 Å². The highest BCUT2D eigenvalue weighted by molar-refractivity contribution is 5.38. The van der Waals surface area contributed by atoms with Crippen LogP contribution in [0.25, 0.3) is 0 Å². The van der Waals surface area contributed by atoms with Crippen LogP contribution < -0.4 is 11.1 Å². The van der Waals surface area contributed by atoms with Gasteiger partial charge in [0.15, 0.2) is 0 Å². The summed E-state index contributed by atoms with van der Waals surface area (Å²) in [6, 6.07) is 0. The molecule has 0 bridgehead atoms. The van der Waals surface area contributed by atoms with Crippen LogP contribution >= 0.6 is 0 Å². The normalized spacial score (nSPS) is 10.2. The van der Waals surface area contributed by atoms with Gasteiger partial charge in [0.05, 0.1) is 18.9 Å². The summed E-state index contributed by atoms with van der Waals surface area (Å²) >= 11 is 0. The molecule has 1 aromatic rings. The molecular weight excluding hydrogens is 166 g/mol. The van der Waals surface area contributed by atoms with E-state index < -0.39 is 13.0 Å². The van der Waals surface area contributed by atoms with Gasteiger partial charge in [0, 0.05) is 0 Å². The fraction of sp³-hybridized carbons (Fsp3) is 0.333. The molecule has 0 unspecified atom stereocenters. The minimum absolute atomic E-state index is 0.203. The minimum atomic E-state index is -2.41. The van der Waals surface area contributed by atoms with E-state index in [0.29, 0.717) is 0 Å². The molecule has 0 aromatic carbocycles. The Hall–Kier alpha value is -1.46. The maximum atomic E-state index is 11.7. The van der Waals surface area contributed by atoms with Gasteiger partial charge in [-0.3, -0.25) is 4.98 Å². The van der Waals surface area contributed by atoms with E-state index in [0.717, 1.165) is 0 Å². The molecule has 1 aromatic heterocycles. The summed E-state index contributed by atoms with van der Waals surface area (Å²) in [7, 11) is 0. The molecule has 6 heteroatoms. The van der Waals surface area contributed by atoms with Crippen LogP contribution in [0, 0.1) is 0 Å². The summed E-state index contributed by atoms with van der Waals surface area (Å²) in [5, 5.41) is 2.38. The van der Waals surface area contributed by atoms with Crippen LogP contribution in [0.2, 0.25) is 0 Å². The van der Waals surface area contributed by atoms with Crippen molar-refractivity contribution in [1.82, 2.24) is 9.97 Å². The standard InChI is InChI=1S/C6H8F2N4/c7-4(8)1-11-6-3-10-2-5(9)12-6/h2-4H,1H2,(H3,9,11,12). The molecule has 0 aliphatic heterocycles. The van der Waals surface area contributed by atoms with Crippen molar-refractivity contribution in [3.63, 3.8) is 0 Å². The summed E-state index contributed by atoms with van der Waals surface area (Å²) in [6.45, 7) is -0.446. The van der Waals surface area contributed by atoms with E-state index in [9.17, 15) is 8.78 Å². The molecule has 1 rings (SSSR count). The molecule has 0 saturated carbocycles. The van der Waals surface area contributed by atoms with Gasteiger partial charge in [0.1, 0.15) is 11.6 Å². The quantitative estimate of drug-likeness (QED) is 0.709. The second-order valence-corrected chi connectivity index (χ2v) is 2.10. The average molecular weight is 174 g/mol. The van der Waals surface area contributed by atoms with Crippen LogP contribution in [-0.2, 0) is 0 Å². The molecular formula is C6H8F2N4. The Morgan fingerprint density at radius 2 is 2.25 bits per heavy atom. The van der Waals surface area contributed by atoms with Crippen molar-refractivity contribution in [3.8, 4) is 0 Å². The predicted octanol–water partition coefficient (Wildman–Crippen LogP) is 0.736. The molecule has 0 aliphatic rings. The molecule has 12 heavy (non-hydrogen) atoms. The molecule has 0 atom stereocenters. The molecule has 0 radical (unpaired) electrons. The molecule has 66 valence electrons. The highest BCUT2D eigenvalue weighted by Crippen LogP contribution is 2.03. The summed E-state index contributed by atoms with van der Waals surface area (Å²) in [4.78, 5) is 7.38. The topological polar surface area (TPSA) is 63.8 Å². The first-order valence-electron chi connectivity index (χ1n) is 3.28. The van der Waals surface area contributed by atoms with Crippen molar-refractivity contribution in [3.05, 3.63) is 12.4 Å². The lowest BCUT2D eigenvalue weighted by atomic mass is 10.6. The lowest BCUT2D eigenvalue weighted by Gasteiger charge is -2.03. The SMILES string of the molecule is Nc1cncc(NCC(F)F)n1. The van der Waals surface area contributed by atoms with Gasteiger partial charge in [-0.05, 0) is 0 Å². The highest BCUT2D eigenvalue weighted by atomic mass is 19.3. The van der Waals surface area contributed by atoms with E-state index in [1.165, 1.54) is 12.4 Å². The van der Waals surface area contributed by atoms with Crippen LogP contribution in [0.3, 0.4) is 0 Å². The number of hydrogen-bond acceptors (Lipinski definition) is 4. The molecule has 0 aliphatic carbocycles. The number of nitrogen functional groups attached to an aromatic ring is 1. The number of rotatable bonds is 3. The molecule has 0 amide bonds. The molecule has 4 nitrogen and oxygen atoms in total. The van der Waals surface area contributed by atoms with Crippen molar-refractivity contribution in [2.45, 2.75) is 6.43 Å². The number of nitrogens with zero attached hydrogens (tertiary/aromatic N) is 2. The smallest absolute Gasteiger partial charge is 0.255 e. The maximum absolute atomic E-state index is 11.7. The third kappa shape index (κ3) is 2.65. The van der Waals surface area contributed by atoms with Crippen LogP contribution in [0.5, 0.6) is 0 Å². The lowest BCUT2D eigenvalue weighted by Crippen LogP contribution is -2.11. The Bertz CT molecular complexity index is 253. The van der Waals surface area contributed by atoms with Crippen molar-refractivity contribution < 1.29 is 8.78 Å². The number of halogens is 2. The maximum Gasteiger partial charge on any atom is 0.255 e. The van der Waals surface area contributed by atoms with Gasteiger partial charge < -0.3 is 11.1 Å². The van der Waals surface area contributed by atoms with Crippen LogP contribution in [-0.4, -0.2) is 22.9 Å². The number of nitrogens with one attached hydrogen (secondary N) is 1. The number of nitrogens with two attached hydrogens (primary N) is 1. The van der Waals surface area contributed by atoms with Gasteiger partial charge >= 0.3 is 0 Å². The van der Waals surface area contributed by atoms with E-state index in [2.05, 4.69) is 15.3 Å². The van der Waals surface area contributed by atoms with Crippen molar-refractivity contribution in [2.75, 3.05) is 17.6 Å². The molecule has 0 spiro atoms. The van der Waals surface area contributed by atoms with Gasteiger partial charge in [-0.15, -0.1) is 0 Å². The third-order valence-electron chi connectivity index (χ3n) is 1.09. The van der Waals surface area contributed by atoms with Gasteiger partial charge in [-0.1, -0.05) is 0 Å². The second kappa shape index (κ2) is 3.80. The number of alkyl halides is 2. The second-order valence-electron chi connectivity index (χ2n) is 2.10. The number of hydrogen-bond donors (Lipinski definition) is 2. The Balaban J connectivity index is 2.52. The monoisotopic (exact) mass is 174 g/mol. The van der Waals surface area contributed by atoms with E-state index in [4.69, 9.17) is 5.73 Å². The Labute approximate surface area is 67.8 Å². The Morgan fingerprint density at radius 3 is 2.83 bits per heavy atom. The Morgan fingerprint density at radius 1 is 1.50 bits per heavy atom. The highest BCUT2D eigenvalue weighted by Gasteiger charge is 2.02. The number of anilines is 2. The number of aromatic nitrogens is 2. The van der Waals surface area contributed by atoms with Crippen molar-refractivity contribution in [1.29, 1.82) is 0 Å². The third-order valence-corrected chi connectivity index (χ3v) is 1.09. The average Bonchev–Trinajstić information content (AvgIpc) is 2.01. The first-order chi connectivity index (χ1) is 5.68. The van der Waals surface area contributed by atoms with Gasteiger partial charge in [0.2, 0.25) is 0 Å². The van der Waals surface area contributed by atoms with Crippen molar-refractivity contribution >= 4 is 11.6 Å². The van der Waals surface area contributed by atoms with Crippen molar-refractivity contribution in [2.24, 2.45) is 0 Å². The fourth-order valence-electron chi connectivity index (χ4n) is 0.648. The molecule has 0 fully saturated rings. The fourth-order valence-corrected chi connectivity index (χ4v) is 0.648. The van der Waals surface area contributed by atoms with E-state index in [-0.39, 0.29) is 11.6 Å². The lowest BCUT2D eigenvalue weighted by molar-refractivity contribution is 0.163. The predicted molar refractivity (Wildman–Crippen MR) is 40.9 cm³/mol. The van der Waals surface area contributed by atoms with E-state index >= 15 is 0 Å². The zero-order valence-electron chi connectivity index (χ0n) is 6.17.